The van der Waals surface area contributed by atoms with Crippen molar-refractivity contribution >= 4 is 34.6 Å². The van der Waals surface area contributed by atoms with Gasteiger partial charge < -0.3 is 14.4 Å². The highest BCUT2D eigenvalue weighted by atomic mass is 32.2. The van der Waals surface area contributed by atoms with Crippen LogP contribution in [0.4, 0.5) is 10.1 Å². The van der Waals surface area contributed by atoms with Gasteiger partial charge in [0.1, 0.15) is 18.2 Å². The fourth-order valence-electron chi connectivity index (χ4n) is 3.02. The number of nitrogens with zero attached hydrogens (tertiary/aromatic N) is 3. The minimum Gasteiger partial charge on any atom is -0.493 e. The third-order valence-corrected chi connectivity index (χ3v) is 5.49. The van der Waals surface area contributed by atoms with Crippen molar-refractivity contribution in [3.05, 3.63) is 59.5 Å². The number of amides is 1. The van der Waals surface area contributed by atoms with E-state index < -0.39 is 0 Å². The van der Waals surface area contributed by atoms with E-state index in [0.717, 1.165) is 11.3 Å². The molecule has 2 aliphatic rings. The molecule has 0 N–H and O–H groups in total. The van der Waals surface area contributed by atoms with E-state index in [0.29, 0.717) is 34.9 Å². The van der Waals surface area contributed by atoms with Crippen LogP contribution in [0.15, 0.2) is 53.2 Å². The van der Waals surface area contributed by atoms with Crippen molar-refractivity contribution in [3.63, 3.8) is 0 Å². The monoisotopic (exact) mass is 399 g/mol. The van der Waals surface area contributed by atoms with Gasteiger partial charge in [-0.25, -0.2) is 9.38 Å². The Bertz CT molecular complexity index is 975. The number of methoxy groups -OCH3 is 2. The summed E-state index contributed by atoms with van der Waals surface area (Å²) in [6, 6.07) is 11.7. The molecule has 8 heteroatoms. The summed E-state index contributed by atoms with van der Waals surface area (Å²) in [6.45, 7) is 0.375. The fraction of sp³-hybridized carbons (Fsp3) is 0.200. The Morgan fingerprint density at radius 1 is 1.11 bits per heavy atom. The molecular formula is C20H18FN3O3S. The first kappa shape index (κ1) is 18.4. The zero-order valence-corrected chi connectivity index (χ0v) is 16.2. The number of thioether (sulfide) groups is 1. The second kappa shape index (κ2) is 7.55. The number of anilines is 1. The van der Waals surface area contributed by atoms with Crippen molar-refractivity contribution in [3.8, 4) is 11.5 Å². The van der Waals surface area contributed by atoms with Gasteiger partial charge in [0.2, 0.25) is 0 Å². The fourth-order valence-corrected chi connectivity index (χ4v) is 3.98. The molecule has 0 bridgehead atoms. The van der Waals surface area contributed by atoms with Gasteiger partial charge >= 0.3 is 0 Å². The van der Waals surface area contributed by atoms with Crippen LogP contribution in [0.2, 0.25) is 0 Å². The molecule has 2 heterocycles. The number of halogens is 1. The van der Waals surface area contributed by atoms with E-state index in [9.17, 15) is 9.18 Å². The second-order valence-corrected chi connectivity index (χ2v) is 7.11. The van der Waals surface area contributed by atoms with Crippen LogP contribution in [0.5, 0.6) is 11.5 Å². The van der Waals surface area contributed by atoms with Gasteiger partial charge in [-0.05, 0) is 48.0 Å². The van der Waals surface area contributed by atoms with E-state index in [1.165, 1.54) is 23.9 Å². The zero-order valence-electron chi connectivity index (χ0n) is 15.4. The van der Waals surface area contributed by atoms with Crippen LogP contribution in [0.25, 0.3) is 6.08 Å². The van der Waals surface area contributed by atoms with Gasteiger partial charge in [0.05, 0.1) is 20.1 Å². The third-order valence-electron chi connectivity index (χ3n) is 4.48. The van der Waals surface area contributed by atoms with Crippen molar-refractivity contribution < 1.29 is 18.7 Å². The number of rotatable bonds is 4. The Labute approximate surface area is 166 Å². The lowest BCUT2D eigenvalue weighted by atomic mass is 10.1. The Balaban J connectivity index is 1.55. The Morgan fingerprint density at radius 3 is 2.57 bits per heavy atom. The zero-order chi connectivity index (χ0) is 19.7. The van der Waals surface area contributed by atoms with Crippen LogP contribution in [0, 0.1) is 5.82 Å². The van der Waals surface area contributed by atoms with E-state index in [1.54, 1.807) is 49.5 Å². The van der Waals surface area contributed by atoms with Gasteiger partial charge in [0, 0.05) is 5.69 Å². The normalized spacial score (nSPS) is 17.6. The molecule has 1 saturated heterocycles. The maximum atomic E-state index is 13.2. The second-order valence-electron chi connectivity index (χ2n) is 6.20. The lowest BCUT2D eigenvalue weighted by Gasteiger charge is -2.34. The van der Waals surface area contributed by atoms with Gasteiger partial charge in [0.25, 0.3) is 5.91 Å². The van der Waals surface area contributed by atoms with Gasteiger partial charge in [-0.1, -0.05) is 17.8 Å². The summed E-state index contributed by atoms with van der Waals surface area (Å²) < 4.78 is 23.7. The smallest absolute Gasteiger partial charge is 0.280 e. The van der Waals surface area contributed by atoms with Gasteiger partial charge in [0.15, 0.2) is 16.7 Å². The SMILES string of the molecule is COc1ccc(C=C2N=C3SCN(c4ccc(F)cc4)CN3C2=O)cc1OC. The molecule has 0 saturated carbocycles. The summed E-state index contributed by atoms with van der Waals surface area (Å²) >= 11 is 1.47. The van der Waals surface area contributed by atoms with Crippen LogP contribution in [0.3, 0.4) is 0 Å². The molecule has 0 radical (unpaired) electrons. The average Bonchev–Trinajstić information content (AvgIpc) is 3.03. The molecule has 144 valence electrons. The molecule has 1 fully saturated rings. The van der Waals surface area contributed by atoms with E-state index in [4.69, 9.17) is 9.47 Å². The highest BCUT2D eigenvalue weighted by Crippen LogP contribution is 2.32. The van der Waals surface area contributed by atoms with Crippen LogP contribution in [-0.2, 0) is 4.79 Å². The molecule has 0 aromatic heterocycles. The first-order valence-electron chi connectivity index (χ1n) is 8.56. The van der Waals surface area contributed by atoms with Crippen LogP contribution < -0.4 is 14.4 Å². The first-order chi connectivity index (χ1) is 13.6. The molecule has 6 nitrogen and oxygen atoms in total. The molecule has 28 heavy (non-hydrogen) atoms. The number of carbonyl (C=O) groups excluding carboxylic acids is 1. The average molecular weight is 399 g/mol. The molecule has 0 atom stereocenters. The number of hydrogen-bond donors (Lipinski definition) is 0. The highest BCUT2D eigenvalue weighted by Gasteiger charge is 2.35. The lowest BCUT2D eigenvalue weighted by molar-refractivity contribution is -0.122. The number of carbonyl (C=O) groups is 1. The Kier molecular flexibility index (Phi) is 4.95. The number of benzene rings is 2. The van der Waals surface area contributed by atoms with Crippen molar-refractivity contribution in [2.45, 2.75) is 0 Å². The molecule has 2 aliphatic heterocycles. The standard InChI is InChI=1S/C20H18FN3O3S/c1-26-17-8-3-13(10-18(17)27-2)9-16-19(25)24-11-23(12-28-20(24)22-16)15-6-4-14(21)5-7-15/h3-10H,11-12H2,1-2H3. The van der Waals surface area contributed by atoms with E-state index in [2.05, 4.69) is 4.99 Å². The summed E-state index contributed by atoms with van der Waals surface area (Å²) in [5.74, 6) is 1.40. The van der Waals surface area contributed by atoms with Gasteiger partial charge in [-0.2, -0.15) is 0 Å². The number of aliphatic imine (C=N–C) groups is 1. The maximum absolute atomic E-state index is 13.2. The van der Waals surface area contributed by atoms with Crippen LogP contribution >= 0.6 is 11.8 Å². The first-order valence-corrected chi connectivity index (χ1v) is 9.55. The topological polar surface area (TPSA) is 54.4 Å². The van der Waals surface area contributed by atoms with Crippen molar-refractivity contribution in [2.75, 3.05) is 31.7 Å². The van der Waals surface area contributed by atoms with Gasteiger partial charge in [-0.3, -0.25) is 9.69 Å². The predicted molar refractivity (Wildman–Crippen MR) is 108 cm³/mol. The number of hydrogen-bond acceptors (Lipinski definition) is 6. The van der Waals surface area contributed by atoms with E-state index >= 15 is 0 Å². The maximum Gasteiger partial charge on any atom is 0.280 e. The molecule has 1 amide bonds. The number of ether oxygens (including phenoxy) is 2. The van der Waals surface area contributed by atoms with E-state index in [1.807, 2.05) is 11.0 Å². The van der Waals surface area contributed by atoms with Crippen molar-refractivity contribution in [1.29, 1.82) is 0 Å². The summed E-state index contributed by atoms with van der Waals surface area (Å²) in [4.78, 5) is 21.0. The van der Waals surface area contributed by atoms with E-state index in [-0.39, 0.29) is 11.7 Å². The van der Waals surface area contributed by atoms with Crippen LogP contribution in [-0.4, -0.2) is 42.7 Å². The summed E-state index contributed by atoms with van der Waals surface area (Å²) in [5, 5.41) is 0.676. The van der Waals surface area contributed by atoms with Crippen molar-refractivity contribution in [1.82, 2.24) is 4.90 Å². The van der Waals surface area contributed by atoms with Crippen LogP contribution in [0.1, 0.15) is 5.56 Å². The predicted octanol–water partition coefficient (Wildman–Crippen LogP) is 3.55. The molecule has 4 rings (SSSR count). The summed E-state index contributed by atoms with van der Waals surface area (Å²) in [7, 11) is 3.14. The Morgan fingerprint density at radius 2 is 1.86 bits per heavy atom. The molecule has 0 aliphatic carbocycles. The molecular weight excluding hydrogens is 381 g/mol. The lowest BCUT2D eigenvalue weighted by Crippen LogP contribution is -2.46. The largest absolute Gasteiger partial charge is 0.493 e. The Hall–Kier alpha value is -3.00. The van der Waals surface area contributed by atoms with Gasteiger partial charge in [-0.15, -0.1) is 0 Å². The molecule has 0 spiro atoms. The molecule has 0 unspecified atom stereocenters. The highest BCUT2D eigenvalue weighted by molar-refractivity contribution is 8.14. The number of fused-ring (bicyclic) bond motifs is 1. The molecule has 2 aromatic rings. The molecule has 2 aromatic carbocycles. The quantitative estimate of drug-likeness (QED) is 0.736. The minimum absolute atomic E-state index is 0.163. The summed E-state index contributed by atoms with van der Waals surface area (Å²) in [5.41, 5.74) is 2.03. The number of amidine groups is 1. The third kappa shape index (κ3) is 3.43. The van der Waals surface area contributed by atoms with Crippen molar-refractivity contribution in [2.24, 2.45) is 4.99 Å². The minimum atomic E-state index is -0.284. The summed E-state index contributed by atoms with van der Waals surface area (Å²) in [6.07, 6.45) is 1.73.